The van der Waals surface area contributed by atoms with E-state index in [4.69, 9.17) is 9.26 Å². The van der Waals surface area contributed by atoms with Gasteiger partial charge in [0.2, 0.25) is 0 Å². The lowest BCUT2D eigenvalue weighted by Gasteiger charge is -2.40. The normalized spacial score (nSPS) is 22.5. The van der Waals surface area contributed by atoms with Crippen molar-refractivity contribution < 1.29 is 32.3 Å². The topological polar surface area (TPSA) is 93.6 Å². The minimum absolute atomic E-state index is 0.0146. The van der Waals surface area contributed by atoms with Crippen molar-refractivity contribution >= 4 is 22.6 Å². The summed E-state index contributed by atoms with van der Waals surface area (Å²) in [6.07, 6.45) is 0.916. The Morgan fingerprint density at radius 1 is 1.10 bits per heavy atom. The van der Waals surface area contributed by atoms with Crippen molar-refractivity contribution in [3.05, 3.63) is 65.0 Å². The highest BCUT2D eigenvalue weighted by atomic mass is 19.4. The Morgan fingerprint density at radius 2 is 1.83 bits per heavy atom. The minimum atomic E-state index is -4.51. The largest absolute Gasteiger partial charge is 0.476 e. The molecule has 11 heteroatoms. The monoisotopic (exact) mass is 566 g/mol. The molecule has 8 nitrogen and oxygen atoms in total. The first kappa shape index (κ1) is 26.1. The molecule has 1 saturated carbocycles. The highest BCUT2D eigenvalue weighted by molar-refractivity contribution is 6.02. The number of nitrogens with zero attached hydrogens (tertiary/aromatic N) is 4. The summed E-state index contributed by atoms with van der Waals surface area (Å²) in [5.74, 6) is -0.235. The number of fused-ring (bicyclic) bond motifs is 3. The average molecular weight is 567 g/mol. The number of ether oxygens (including phenoxy) is 1. The van der Waals surface area contributed by atoms with Gasteiger partial charge in [-0.15, -0.1) is 0 Å². The lowest BCUT2D eigenvalue weighted by atomic mass is 9.97. The number of piperidine rings is 1. The number of carboxylic acid groups (broad SMARTS) is 1. The van der Waals surface area contributed by atoms with Crippen molar-refractivity contribution in [2.75, 3.05) is 4.90 Å². The zero-order valence-electron chi connectivity index (χ0n) is 22.4. The van der Waals surface area contributed by atoms with Crippen LogP contribution in [0.4, 0.5) is 18.9 Å². The summed E-state index contributed by atoms with van der Waals surface area (Å²) in [5.41, 5.74) is 1.96. The van der Waals surface area contributed by atoms with Crippen molar-refractivity contribution in [3.8, 4) is 11.3 Å². The third kappa shape index (κ3) is 4.56. The smallest absolute Gasteiger partial charge is 0.417 e. The summed E-state index contributed by atoms with van der Waals surface area (Å²) < 4.78 is 55.1. The molecule has 2 aromatic carbocycles. The van der Waals surface area contributed by atoms with Crippen LogP contribution in [0.25, 0.3) is 22.2 Å². The predicted octanol–water partition coefficient (Wildman–Crippen LogP) is 6.54. The molecule has 0 radical (unpaired) electrons. The fourth-order valence-electron chi connectivity index (χ4n) is 6.73. The first-order chi connectivity index (χ1) is 19.7. The Bertz CT molecular complexity index is 1630. The van der Waals surface area contributed by atoms with Crippen LogP contribution in [0.3, 0.4) is 0 Å². The molecule has 1 N–H and O–H groups in total. The number of carboxylic acids is 1. The Labute approximate surface area is 233 Å². The number of benzene rings is 2. The molecule has 2 unspecified atom stereocenters. The van der Waals surface area contributed by atoms with Crippen LogP contribution in [0.1, 0.15) is 71.8 Å². The van der Waals surface area contributed by atoms with Gasteiger partial charge >= 0.3 is 12.1 Å². The predicted molar refractivity (Wildman–Crippen MR) is 144 cm³/mol. The van der Waals surface area contributed by atoms with Crippen LogP contribution in [0.2, 0.25) is 0 Å². The van der Waals surface area contributed by atoms with E-state index in [9.17, 15) is 23.1 Å². The lowest BCUT2D eigenvalue weighted by molar-refractivity contribution is -0.137. The molecule has 2 saturated heterocycles. The maximum atomic E-state index is 13.8. The van der Waals surface area contributed by atoms with Gasteiger partial charge in [-0.1, -0.05) is 23.4 Å². The molecule has 2 bridgehead atoms. The van der Waals surface area contributed by atoms with Gasteiger partial charge in [-0.25, -0.2) is 4.79 Å². The fourth-order valence-corrected chi connectivity index (χ4v) is 6.73. The van der Waals surface area contributed by atoms with E-state index in [-0.39, 0.29) is 47.7 Å². The molecule has 1 aliphatic carbocycles. The van der Waals surface area contributed by atoms with Crippen LogP contribution < -0.4 is 4.90 Å². The maximum Gasteiger partial charge on any atom is 0.417 e. The van der Waals surface area contributed by atoms with Gasteiger partial charge in [0.25, 0.3) is 0 Å². The SMILES string of the molecule is Cn1nc(C(=O)O)c2ccc(N3C4CCC3CC(OCc3c(-c5ccccc5C(F)(F)F)noc3C3CC3)C4)cc21. The second-order valence-electron chi connectivity index (χ2n) is 11.4. The number of aromatic nitrogens is 3. The van der Waals surface area contributed by atoms with Crippen molar-refractivity contribution in [1.82, 2.24) is 14.9 Å². The van der Waals surface area contributed by atoms with Crippen molar-refractivity contribution in [3.63, 3.8) is 0 Å². The van der Waals surface area contributed by atoms with Gasteiger partial charge in [-0.3, -0.25) is 4.68 Å². The number of alkyl halides is 3. The summed E-state index contributed by atoms with van der Waals surface area (Å²) >= 11 is 0. The second kappa shape index (κ2) is 9.61. The van der Waals surface area contributed by atoms with E-state index in [1.165, 1.54) is 12.1 Å². The van der Waals surface area contributed by atoms with Gasteiger partial charge in [0.15, 0.2) is 5.69 Å². The van der Waals surface area contributed by atoms with Gasteiger partial charge in [0.05, 0.1) is 23.8 Å². The highest BCUT2D eigenvalue weighted by Gasteiger charge is 2.42. The Kier molecular flexibility index (Phi) is 6.11. The number of hydrogen-bond acceptors (Lipinski definition) is 6. The summed E-state index contributed by atoms with van der Waals surface area (Å²) in [5, 5.41) is 18.4. The quantitative estimate of drug-likeness (QED) is 0.272. The minimum Gasteiger partial charge on any atom is -0.476 e. The van der Waals surface area contributed by atoms with E-state index in [0.717, 1.165) is 55.8 Å². The molecule has 2 aliphatic heterocycles. The molecule has 4 heterocycles. The summed E-state index contributed by atoms with van der Waals surface area (Å²) in [4.78, 5) is 14.0. The van der Waals surface area contributed by atoms with Gasteiger partial charge in [0, 0.05) is 47.2 Å². The van der Waals surface area contributed by atoms with Gasteiger partial charge in [-0.05, 0) is 62.8 Å². The van der Waals surface area contributed by atoms with Crippen LogP contribution in [0.15, 0.2) is 47.0 Å². The number of hydrogen-bond donors (Lipinski definition) is 1. The standard InChI is InChI=1S/C30H29F3N4O4/c1-36-25-14-19(10-11-22(25)27(34-36)29(38)39)37-17-8-9-18(37)13-20(12-17)40-15-23-26(35-41-28(23)16-6-7-16)21-4-2-3-5-24(21)30(31,32)33/h2-5,10-11,14,16-18,20H,6-9,12-13,15H2,1H3,(H,38,39). The Hall–Kier alpha value is -3.86. The Balaban J connectivity index is 1.11. The van der Waals surface area contributed by atoms with Crippen LogP contribution in [0, 0.1) is 0 Å². The number of aromatic carboxylic acids is 1. The summed E-state index contributed by atoms with van der Waals surface area (Å²) in [6.45, 7) is 0.153. The van der Waals surface area contributed by atoms with E-state index < -0.39 is 17.7 Å². The molecular formula is C30H29F3N4O4. The molecule has 214 valence electrons. The second-order valence-corrected chi connectivity index (χ2v) is 11.4. The molecule has 7 rings (SSSR count). The third-order valence-corrected chi connectivity index (χ3v) is 8.74. The zero-order valence-corrected chi connectivity index (χ0v) is 22.4. The molecular weight excluding hydrogens is 537 g/mol. The molecule has 3 aliphatic rings. The first-order valence-corrected chi connectivity index (χ1v) is 13.9. The van der Waals surface area contributed by atoms with E-state index in [1.807, 2.05) is 18.2 Å². The number of halogens is 3. The number of anilines is 1. The van der Waals surface area contributed by atoms with Crippen molar-refractivity contribution in [2.24, 2.45) is 7.05 Å². The van der Waals surface area contributed by atoms with Gasteiger partial charge < -0.3 is 19.3 Å². The number of aryl methyl sites for hydroxylation is 1. The highest BCUT2D eigenvalue weighted by Crippen LogP contribution is 2.47. The molecule has 0 amide bonds. The maximum absolute atomic E-state index is 13.8. The van der Waals surface area contributed by atoms with Crippen molar-refractivity contribution in [1.29, 1.82) is 0 Å². The molecule has 3 fully saturated rings. The zero-order chi connectivity index (χ0) is 28.5. The molecule has 0 spiro atoms. The fraction of sp³-hybridized carbons (Fsp3) is 0.433. The van der Waals surface area contributed by atoms with E-state index in [1.54, 1.807) is 17.8 Å². The molecule has 4 aromatic rings. The summed E-state index contributed by atoms with van der Waals surface area (Å²) in [6, 6.07) is 11.8. The van der Waals surface area contributed by atoms with E-state index in [2.05, 4.69) is 15.2 Å². The molecule has 2 aromatic heterocycles. The molecule has 41 heavy (non-hydrogen) atoms. The first-order valence-electron chi connectivity index (χ1n) is 13.9. The van der Waals surface area contributed by atoms with Gasteiger partial charge in [-0.2, -0.15) is 18.3 Å². The number of carbonyl (C=O) groups is 1. The van der Waals surface area contributed by atoms with Crippen LogP contribution in [-0.4, -0.2) is 44.2 Å². The van der Waals surface area contributed by atoms with Crippen LogP contribution in [-0.2, 0) is 24.6 Å². The van der Waals surface area contributed by atoms with E-state index in [0.29, 0.717) is 16.7 Å². The number of rotatable bonds is 7. The van der Waals surface area contributed by atoms with Gasteiger partial charge in [0.1, 0.15) is 11.5 Å². The van der Waals surface area contributed by atoms with Crippen molar-refractivity contribution in [2.45, 2.75) is 75.4 Å². The van der Waals surface area contributed by atoms with Crippen LogP contribution in [0.5, 0.6) is 0 Å². The van der Waals surface area contributed by atoms with E-state index >= 15 is 0 Å². The summed E-state index contributed by atoms with van der Waals surface area (Å²) in [7, 11) is 1.75. The lowest BCUT2D eigenvalue weighted by Crippen LogP contribution is -2.45. The average Bonchev–Trinajstić information content (AvgIpc) is 3.53. The molecule has 2 atom stereocenters. The Morgan fingerprint density at radius 3 is 2.51 bits per heavy atom. The third-order valence-electron chi connectivity index (χ3n) is 8.74. The van der Waals surface area contributed by atoms with Crippen LogP contribution >= 0.6 is 0 Å².